The molecule has 0 aliphatic heterocycles. The normalized spacial score (nSPS) is 10.0. The van der Waals surface area contributed by atoms with E-state index in [1.807, 2.05) is 46.8 Å². The highest BCUT2D eigenvalue weighted by atomic mass is 32.2. The van der Waals surface area contributed by atoms with Gasteiger partial charge in [-0.2, -0.15) is 0 Å². The van der Waals surface area contributed by atoms with E-state index in [1.54, 1.807) is 18.0 Å². The lowest BCUT2D eigenvalue weighted by atomic mass is 10.2. The van der Waals surface area contributed by atoms with Gasteiger partial charge in [-0.3, -0.25) is 0 Å². The Morgan fingerprint density at radius 2 is 1.65 bits per heavy atom. The lowest BCUT2D eigenvalue weighted by molar-refractivity contribution is 1.47. The number of hydrogen-bond donors (Lipinski definition) is 1. The number of aryl methyl sites for hydroxylation is 1. The number of benzene rings is 1. The molecule has 0 fully saturated rings. The molecule has 1 aromatic rings. The SMILES string of the molecule is C=C/C=C\C(=C/C)SNc1ccc(C)cc1.CC.CC. The van der Waals surface area contributed by atoms with Crippen molar-refractivity contribution < 1.29 is 0 Å². The molecule has 112 valence electrons. The van der Waals surface area contributed by atoms with Gasteiger partial charge in [-0.05, 0) is 44.0 Å². The lowest BCUT2D eigenvalue weighted by Crippen LogP contribution is -1.86. The number of rotatable bonds is 5. The van der Waals surface area contributed by atoms with Crippen LogP contribution in [0.1, 0.15) is 40.2 Å². The molecule has 0 unspecified atom stereocenters. The second kappa shape index (κ2) is 15.6. The van der Waals surface area contributed by atoms with Crippen molar-refractivity contribution in [2.75, 3.05) is 4.72 Å². The van der Waals surface area contributed by atoms with Gasteiger partial charge in [0.15, 0.2) is 0 Å². The van der Waals surface area contributed by atoms with E-state index in [4.69, 9.17) is 0 Å². The summed E-state index contributed by atoms with van der Waals surface area (Å²) in [7, 11) is 0. The van der Waals surface area contributed by atoms with Crippen molar-refractivity contribution in [3.63, 3.8) is 0 Å². The molecule has 2 heteroatoms. The second-order valence-electron chi connectivity index (χ2n) is 3.36. The molecule has 0 radical (unpaired) electrons. The van der Waals surface area contributed by atoms with Crippen LogP contribution >= 0.6 is 11.9 Å². The molecule has 0 saturated carbocycles. The van der Waals surface area contributed by atoms with Gasteiger partial charge in [0.2, 0.25) is 0 Å². The molecule has 1 nitrogen and oxygen atoms in total. The fourth-order valence-corrected chi connectivity index (χ4v) is 1.73. The van der Waals surface area contributed by atoms with Crippen molar-refractivity contribution in [2.45, 2.75) is 41.5 Å². The Hall–Kier alpha value is -1.41. The predicted molar refractivity (Wildman–Crippen MR) is 98.2 cm³/mol. The molecule has 0 atom stereocenters. The van der Waals surface area contributed by atoms with Gasteiger partial charge >= 0.3 is 0 Å². The van der Waals surface area contributed by atoms with Crippen LogP contribution in [0.4, 0.5) is 5.69 Å². The van der Waals surface area contributed by atoms with Crippen LogP contribution in [-0.4, -0.2) is 0 Å². The first kappa shape index (κ1) is 20.9. The smallest absolute Gasteiger partial charge is 0.0443 e. The molecule has 0 saturated heterocycles. The molecular weight excluding hydrogens is 262 g/mol. The third kappa shape index (κ3) is 10.5. The van der Waals surface area contributed by atoms with E-state index in [9.17, 15) is 0 Å². The molecule has 1 aromatic carbocycles. The van der Waals surface area contributed by atoms with E-state index in [1.165, 1.54) is 10.5 Å². The van der Waals surface area contributed by atoms with Gasteiger partial charge in [0, 0.05) is 10.6 Å². The van der Waals surface area contributed by atoms with Gasteiger partial charge in [0.05, 0.1) is 0 Å². The Balaban J connectivity index is 0. The van der Waals surface area contributed by atoms with Crippen LogP contribution in [0.3, 0.4) is 0 Å². The summed E-state index contributed by atoms with van der Waals surface area (Å²) in [6.45, 7) is 15.8. The Bertz CT molecular complexity index is 388. The van der Waals surface area contributed by atoms with Crippen LogP contribution in [0.5, 0.6) is 0 Å². The minimum Gasteiger partial charge on any atom is -0.326 e. The average molecular weight is 292 g/mol. The van der Waals surface area contributed by atoms with Gasteiger partial charge in [-0.15, -0.1) is 0 Å². The maximum Gasteiger partial charge on any atom is 0.0443 e. The zero-order valence-electron chi connectivity index (χ0n) is 13.7. The van der Waals surface area contributed by atoms with E-state index in [0.29, 0.717) is 0 Å². The fourth-order valence-electron chi connectivity index (χ4n) is 1.09. The van der Waals surface area contributed by atoms with Crippen LogP contribution in [0.2, 0.25) is 0 Å². The van der Waals surface area contributed by atoms with Crippen LogP contribution in [0.15, 0.2) is 60.1 Å². The third-order valence-corrected chi connectivity index (χ3v) is 2.96. The molecular formula is C18H29NS. The van der Waals surface area contributed by atoms with Gasteiger partial charge in [-0.1, -0.05) is 70.2 Å². The molecule has 0 heterocycles. The summed E-state index contributed by atoms with van der Waals surface area (Å²) in [5.41, 5.74) is 2.38. The summed E-state index contributed by atoms with van der Waals surface area (Å²) >= 11 is 1.60. The Morgan fingerprint density at radius 1 is 1.10 bits per heavy atom. The zero-order valence-corrected chi connectivity index (χ0v) is 14.6. The van der Waals surface area contributed by atoms with Crippen LogP contribution in [0.25, 0.3) is 0 Å². The standard InChI is InChI=1S/C14H17NS.2C2H6/c1-4-6-7-14(5-2)16-15-13-10-8-12(3)9-11-13;2*1-2/h4-11,15H,1H2,2-3H3;2*1-2H3/b7-6-,14-5+;;. The molecule has 0 aromatic heterocycles. The van der Waals surface area contributed by atoms with Gasteiger partial charge in [0.25, 0.3) is 0 Å². The van der Waals surface area contributed by atoms with E-state index in [0.717, 1.165) is 5.69 Å². The summed E-state index contributed by atoms with van der Waals surface area (Å²) < 4.78 is 3.29. The van der Waals surface area contributed by atoms with E-state index < -0.39 is 0 Å². The fraction of sp³-hybridized carbons (Fsp3) is 0.333. The van der Waals surface area contributed by atoms with Crippen LogP contribution in [0, 0.1) is 6.92 Å². The number of nitrogens with one attached hydrogen (secondary N) is 1. The van der Waals surface area contributed by atoms with Gasteiger partial charge < -0.3 is 4.72 Å². The van der Waals surface area contributed by atoms with Gasteiger partial charge in [0.1, 0.15) is 0 Å². The van der Waals surface area contributed by atoms with Crippen molar-refractivity contribution in [1.82, 2.24) is 0 Å². The molecule has 0 spiro atoms. The minimum atomic E-state index is 1.11. The quantitative estimate of drug-likeness (QED) is 0.475. The van der Waals surface area contributed by atoms with Crippen molar-refractivity contribution in [3.8, 4) is 0 Å². The molecule has 20 heavy (non-hydrogen) atoms. The van der Waals surface area contributed by atoms with Crippen molar-refractivity contribution >= 4 is 17.6 Å². The van der Waals surface area contributed by atoms with Crippen molar-refractivity contribution in [1.29, 1.82) is 0 Å². The highest BCUT2D eigenvalue weighted by Crippen LogP contribution is 2.20. The Kier molecular flexibility index (Phi) is 16.3. The molecule has 0 aliphatic carbocycles. The minimum absolute atomic E-state index is 1.11. The molecule has 0 aliphatic rings. The van der Waals surface area contributed by atoms with Crippen LogP contribution in [-0.2, 0) is 0 Å². The maximum absolute atomic E-state index is 3.65. The molecule has 1 N–H and O–H groups in total. The summed E-state index contributed by atoms with van der Waals surface area (Å²) in [6.07, 6.45) is 7.79. The lowest BCUT2D eigenvalue weighted by Gasteiger charge is -2.05. The number of anilines is 1. The molecule has 0 bridgehead atoms. The maximum atomic E-state index is 3.65. The monoisotopic (exact) mass is 291 g/mol. The van der Waals surface area contributed by atoms with Crippen molar-refractivity contribution in [2.24, 2.45) is 0 Å². The van der Waals surface area contributed by atoms with Crippen LogP contribution < -0.4 is 4.72 Å². The first-order valence-corrected chi connectivity index (χ1v) is 8.03. The summed E-state index contributed by atoms with van der Waals surface area (Å²) in [4.78, 5) is 1.17. The molecule has 0 amide bonds. The predicted octanol–water partition coefficient (Wildman–Crippen LogP) is 6.75. The average Bonchev–Trinajstić information content (AvgIpc) is 2.53. The molecule has 1 rings (SSSR count). The largest absolute Gasteiger partial charge is 0.326 e. The zero-order chi connectivity index (χ0) is 15.8. The first-order valence-electron chi connectivity index (χ1n) is 7.21. The summed E-state index contributed by atoms with van der Waals surface area (Å²) in [5, 5.41) is 0. The topological polar surface area (TPSA) is 12.0 Å². The Morgan fingerprint density at radius 3 is 2.10 bits per heavy atom. The van der Waals surface area contributed by atoms with E-state index in [2.05, 4.69) is 48.6 Å². The van der Waals surface area contributed by atoms with Gasteiger partial charge in [-0.25, -0.2) is 0 Å². The highest BCUT2D eigenvalue weighted by molar-refractivity contribution is 8.04. The second-order valence-corrected chi connectivity index (χ2v) is 4.24. The third-order valence-electron chi connectivity index (χ3n) is 2.02. The number of allylic oxidation sites excluding steroid dienone is 4. The first-order chi connectivity index (χ1) is 9.76. The Labute approximate surface area is 130 Å². The summed E-state index contributed by atoms with van der Waals surface area (Å²) in [6, 6.07) is 8.34. The number of hydrogen-bond acceptors (Lipinski definition) is 2. The van der Waals surface area contributed by atoms with Crippen molar-refractivity contribution in [3.05, 3.63) is 65.6 Å². The summed E-state index contributed by atoms with van der Waals surface area (Å²) in [5.74, 6) is 0. The highest BCUT2D eigenvalue weighted by Gasteiger charge is 1.94. The van der Waals surface area contributed by atoms with E-state index >= 15 is 0 Å². The van der Waals surface area contributed by atoms with E-state index in [-0.39, 0.29) is 0 Å².